The highest BCUT2D eigenvalue weighted by atomic mass is 31.2. The number of benzene rings is 3. The molecule has 0 aliphatic rings. The normalized spacial score (nSPS) is 11.2. The van der Waals surface area contributed by atoms with Crippen molar-refractivity contribution >= 4 is 30.6 Å². The minimum Gasteiger partial charge on any atom is -0.0620 e. The molecule has 0 bridgehead atoms. The molecule has 0 saturated carbocycles. The Bertz CT molecular complexity index is 569. The van der Waals surface area contributed by atoms with Crippen molar-refractivity contribution in [2.75, 3.05) is 0 Å². The molecule has 3 aromatic carbocycles. The van der Waals surface area contributed by atoms with Crippen LogP contribution in [0.1, 0.15) is 0 Å². The summed E-state index contributed by atoms with van der Waals surface area (Å²) in [6.07, 6.45) is 0. The molecule has 0 heterocycles. The summed E-state index contributed by atoms with van der Waals surface area (Å²) in [4.78, 5) is 0. The summed E-state index contributed by atoms with van der Waals surface area (Å²) >= 11 is 0. The molecular formula is C18H18BP. The quantitative estimate of drug-likeness (QED) is 0.508. The van der Waals surface area contributed by atoms with Crippen LogP contribution >= 0.6 is 7.14 Å². The molecule has 3 rings (SSSR count). The lowest BCUT2D eigenvalue weighted by molar-refractivity contribution is 1.73. The molecule has 0 unspecified atom stereocenters. The van der Waals surface area contributed by atoms with Gasteiger partial charge < -0.3 is 0 Å². The number of rotatable bonds is 3. The van der Waals surface area contributed by atoms with E-state index in [-0.39, 0.29) is 7.57 Å². The van der Waals surface area contributed by atoms with Crippen molar-refractivity contribution in [3.8, 4) is 0 Å². The molecule has 0 N–H and O–H groups in total. The average molecular weight is 276 g/mol. The van der Waals surface area contributed by atoms with Crippen LogP contribution in [0.25, 0.3) is 0 Å². The van der Waals surface area contributed by atoms with Crippen LogP contribution in [-0.4, -0.2) is 7.57 Å². The molecule has 2 heteroatoms. The number of hydrogen-bond donors (Lipinski definition) is 0. The zero-order valence-electron chi connectivity index (χ0n) is 10.6. The lowest BCUT2D eigenvalue weighted by atomic mass is 10.3. The van der Waals surface area contributed by atoms with Crippen molar-refractivity contribution in [2.45, 2.75) is 0 Å². The van der Waals surface area contributed by atoms with Gasteiger partial charge in [-0.1, -0.05) is 61.7 Å². The summed E-state index contributed by atoms with van der Waals surface area (Å²) in [5.74, 6) is 0. The largest absolute Gasteiger partial charge is 0.144 e. The van der Waals surface area contributed by atoms with Gasteiger partial charge in [0.05, 0.1) is 15.9 Å². The molecule has 0 amide bonds. The average Bonchev–Trinajstić information content (AvgIpc) is 2.56. The van der Waals surface area contributed by atoms with Crippen LogP contribution in [0.5, 0.6) is 0 Å². The van der Waals surface area contributed by atoms with Crippen molar-refractivity contribution < 1.29 is 0 Å². The third-order valence-corrected chi connectivity index (χ3v) is 5.49. The molecule has 0 saturated heterocycles. The van der Waals surface area contributed by atoms with Crippen molar-refractivity contribution in [3.05, 3.63) is 91.0 Å². The van der Waals surface area contributed by atoms with Gasteiger partial charge in [-0.2, -0.15) is 0 Å². The Kier molecular flexibility index (Phi) is 3.71. The molecule has 0 aliphatic heterocycles. The van der Waals surface area contributed by atoms with Gasteiger partial charge in [-0.15, -0.1) is 0 Å². The van der Waals surface area contributed by atoms with E-state index in [1.54, 1.807) is 0 Å². The second-order valence-corrected chi connectivity index (χ2v) is 6.56. The highest BCUT2D eigenvalue weighted by molar-refractivity contribution is 8.13. The first-order valence-electron chi connectivity index (χ1n) is 6.40. The maximum absolute atomic E-state index is 2.32. The van der Waals surface area contributed by atoms with E-state index < -0.39 is 7.14 Å². The smallest absolute Gasteiger partial charge is 0.0620 e. The van der Waals surface area contributed by atoms with Gasteiger partial charge >= 0.3 is 0 Å². The van der Waals surface area contributed by atoms with Gasteiger partial charge in [0.2, 0.25) is 0 Å². The summed E-state index contributed by atoms with van der Waals surface area (Å²) in [5, 5.41) is 4.62. The minimum atomic E-state index is -1.28. The maximum atomic E-state index is 2.32. The molecule has 0 fully saturated rings. The van der Waals surface area contributed by atoms with E-state index in [1.165, 1.54) is 15.9 Å². The second kappa shape index (κ2) is 5.65. The third kappa shape index (κ3) is 2.30. The summed E-state index contributed by atoms with van der Waals surface area (Å²) in [7, 11) is -1.15. The predicted octanol–water partition coefficient (Wildman–Crippen LogP) is 2.26. The van der Waals surface area contributed by atoms with Gasteiger partial charge in [0.1, 0.15) is 7.57 Å². The Morgan fingerprint density at radius 1 is 0.450 bits per heavy atom. The first-order valence-corrected chi connectivity index (χ1v) is 7.74. The Labute approximate surface area is 122 Å². The van der Waals surface area contributed by atoms with Gasteiger partial charge in [-0.25, -0.2) is 0 Å². The molecule has 0 aliphatic carbocycles. The molecule has 0 aromatic heterocycles. The first kappa shape index (κ1) is 13.2. The summed E-state index contributed by atoms with van der Waals surface area (Å²) < 4.78 is 0. The number of hydrogen-bond acceptors (Lipinski definition) is 0. The van der Waals surface area contributed by atoms with Crippen molar-refractivity contribution in [3.63, 3.8) is 0 Å². The van der Waals surface area contributed by atoms with Gasteiger partial charge in [-0.05, 0) is 36.4 Å². The summed E-state index contributed by atoms with van der Waals surface area (Å²) in [5.41, 5.74) is 0. The molecule has 98 valence electrons. The maximum Gasteiger partial charge on any atom is 0.144 e. The van der Waals surface area contributed by atoms with Crippen LogP contribution in [0.3, 0.4) is 0 Å². The van der Waals surface area contributed by atoms with E-state index in [0.717, 1.165) is 0 Å². The monoisotopic (exact) mass is 276 g/mol. The molecule has 0 atom stereocenters. The second-order valence-electron chi connectivity index (χ2n) is 4.34. The van der Waals surface area contributed by atoms with E-state index in [4.69, 9.17) is 0 Å². The van der Waals surface area contributed by atoms with E-state index >= 15 is 0 Å². The highest BCUT2D eigenvalue weighted by Gasteiger charge is 2.32. The lowest BCUT2D eigenvalue weighted by Gasteiger charge is -2.30. The van der Waals surface area contributed by atoms with Crippen LogP contribution in [-0.2, 0) is 0 Å². The van der Waals surface area contributed by atoms with Gasteiger partial charge in [0, 0.05) is 0 Å². The van der Waals surface area contributed by atoms with Gasteiger partial charge in [0.25, 0.3) is 0 Å². The molecule has 3 aromatic rings. The third-order valence-electron chi connectivity index (χ3n) is 3.04. The van der Waals surface area contributed by atoms with Crippen LogP contribution in [0.2, 0.25) is 0 Å². The standard InChI is InChI=1S/C18H18BP/c19-20(16-10-4-1-5-11-16,17-12-6-2-7-13-17)18-14-8-3-9-15-18/h1-15H,19H3. The van der Waals surface area contributed by atoms with Gasteiger partial charge in [0.15, 0.2) is 0 Å². The Morgan fingerprint density at radius 3 is 0.950 bits per heavy atom. The zero-order valence-corrected chi connectivity index (χ0v) is 11.5. The zero-order chi connectivity index (χ0) is 13.8. The summed E-state index contributed by atoms with van der Waals surface area (Å²) in [6, 6.07) is 33.3. The van der Waals surface area contributed by atoms with Crippen LogP contribution < -0.4 is 15.9 Å². The predicted molar refractivity (Wildman–Crippen MR) is 95.1 cm³/mol. The SMILES string of the molecule is [BH3-][P+](c1ccccc1)(c1ccccc1)c1ccccc1. The van der Waals surface area contributed by atoms with Crippen molar-refractivity contribution in [1.82, 2.24) is 0 Å². The van der Waals surface area contributed by atoms with E-state index in [0.29, 0.717) is 0 Å². The molecular weight excluding hydrogens is 258 g/mol. The van der Waals surface area contributed by atoms with Gasteiger partial charge in [-0.3, -0.25) is 0 Å². The fourth-order valence-electron chi connectivity index (χ4n) is 2.18. The Balaban J connectivity index is 2.24. The fraction of sp³-hybridized carbons (Fsp3) is 0. The van der Waals surface area contributed by atoms with E-state index in [2.05, 4.69) is 91.0 Å². The summed E-state index contributed by atoms with van der Waals surface area (Å²) in [6.45, 7) is 0. The Morgan fingerprint density at radius 2 is 0.700 bits per heavy atom. The van der Waals surface area contributed by atoms with E-state index in [1.807, 2.05) is 0 Å². The fourth-order valence-corrected chi connectivity index (χ4v) is 4.48. The Hall–Kier alpha value is -1.85. The van der Waals surface area contributed by atoms with Crippen molar-refractivity contribution in [2.24, 2.45) is 0 Å². The highest BCUT2D eigenvalue weighted by Crippen LogP contribution is 2.49. The molecule has 20 heavy (non-hydrogen) atoms. The topological polar surface area (TPSA) is 0 Å². The first-order chi connectivity index (χ1) is 9.82. The van der Waals surface area contributed by atoms with Crippen LogP contribution in [0, 0.1) is 0 Å². The molecule has 0 spiro atoms. The lowest BCUT2D eigenvalue weighted by Crippen LogP contribution is -2.31. The van der Waals surface area contributed by atoms with Crippen LogP contribution in [0.4, 0.5) is 0 Å². The minimum absolute atomic E-state index is 0.128. The van der Waals surface area contributed by atoms with Crippen molar-refractivity contribution in [1.29, 1.82) is 0 Å². The van der Waals surface area contributed by atoms with Crippen LogP contribution in [0.15, 0.2) is 91.0 Å². The molecule has 0 radical (unpaired) electrons. The molecule has 0 nitrogen and oxygen atoms in total. The van der Waals surface area contributed by atoms with E-state index in [9.17, 15) is 0 Å².